The summed E-state index contributed by atoms with van der Waals surface area (Å²) in [6.45, 7) is 1.84. The molecule has 1 amide bonds. The highest BCUT2D eigenvalue weighted by Gasteiger charge is 2.08. The average Bonchev–Trinajstić information content (AvgIpc) is 2.14. The minimum Gasteiger partial charge on any atom is -0.373 e. The van der Waals surface area contributed by atoms with E-state index in [2.05, 4.69) is 20.6 Å². The number of nitrogens with two attached hydrogens (primary N) is 2. The quantitative estimate of drug-likeness (QED) is 0.549. The number of carbonyl (C=O) groups excluding carboxylic acids is 1. The molecule has 1 rings (SSSR count). The monoisotopic (exact) mass is 224 g/mol. The van der Waals surface area contributed by atoms with Gasteiger partial charge in [-0.05, 0) is 6.92 Å². The van der Waals surface area contributed by atoms with Crippen molar-refractivity contribution < 1.29 is 4.79 Å². The first-order valence-electron chi connectivity index (χ1n) is 4.88. The standard InChI is InChI=1S/C9H16N6O/c1-5(3-6(10)16)13-8-4-7(12-2)14-9(11)15-8/h4-5H,3H2,1-2H3,(H2,10,16)(H4,11,12,13,14,15). The van der Waals surface area contributed by atoms with Gasteiger partial charge in [0.25, 0.3) is 0 Å². The molecule has 1 aromatic heterocycles. The zero-order chi connectivity index (χ0) is 12.1. The van der Waals surface area contributed by atoms with Crippen LogP contribution in [0.1, 0.15) is 13.3 Å². The molecular formula is C9H16N6O. The lowest BCUT2D eigenvalue weighted by Crippen LogP contribution is -2.24. The molecule has 0 aliphatic heterocycles. The fourth-order valence-electron chi connectivity index (χ4n) is 1.27. The Labute approximate surface area is 93.6 Å². The third-order valence-electron chi connectivity index (χ3n) is 1.90. The van der Waals surface area contributed by atoms with E-state index in [1.807, 2.05) is 6.92 Å². The molecule has 0 saturated carbocycles. The molecular weight excluding hydrogens is 208 g/mol. The van der Waals surface area contributed by atoms with E-state index in [1.165, 1.54) is 0 Å². The lowest BCUT2D eigenvalue weighted by atomic mass is 10.2. The second-order valence-electron chi connectivity index (χ2n) is 3.46. The van der Waals surface area contributed by atoms with Crippen molar-refractivity contribution >= 4 is 23.5 Å². The van der Waals surface area contributed by atoms with Gasteiger partial charge in [-0.2, -0.15) is 9.97 Å². The van der Waals surface area contributed by atoms with E-state index >= 15 is 0 Å². The van der Waals surface area contributed by atoms with Gasteiger partial charge in [-0.3, -0.25) is 4.79 Å². The summed E-state index contributed by atoms with van der Waals surface area (Å²) in [6, 6.07) is 1.60. The smallest absolute Gasteiger partial charge is 0.223 e. The van der Waals surface area contributed by atoms with Crippen molar-refractivity contribution in [2.75, 3.05) is 23.4 Å². The summed E-state index contributed by atoms with van der Waals surface area (Å²) in [4.78, 5) is 18.6. The molecule has 0 radical (unpaired) electrons. The molecule has 0 aliphatic carbocycles. The molecule has 1 atom stereocenters. The van der Waals surface area contributed by atoms with E-state index in [0.29, 0.717) is 11.6 Å². The van der Waals surface area contributed by atoms with Gasteiger partial charge in [0, 0.05) is 25.6 Å². The Hall–Kier alpha value is -2.05. The maximum atomic E-state index is 10.7. The molecule has 0 bridgehead atoms. The SMILES string of the molecule is CNc1cc(NC(C)CC(N)=O)nc(N)n1. The molecule has 7 nitrogen and oxygen atoms in total. The fourth-order valence-corrected chi connectivity index (χ4v) is 1.27. The summed E-state index contributed by atoms with van der Waals surface area (Å²) in [5, 5.41) is 5.88. The van der Waals surface area contributed by atoms with E-state index < -0.39 is 0 Å². The Morgan fingerprint density at radius 1 is 1.50 bits per heavy atom. The Kier molecular flexibility index (Phi) is 3.87. The highest BCUT2D eigenvalue weighted by molar-refractivity contribution is 5.74. The third kappa shape index (κ3) is 3.60. The minimum absolute atomic E-state index is 0.100. The van der Waals surface area contributed by atoms with Gasteiger partial charge in [0.2, 0.25) is 11.9 Å². The van der Waals surface area contributed by atoms with Crippen LogP contribution in [0.3, 0.4) is 0 Å². The molecule has 88 valence electrons. The topological polar surface area (TPSA) is 119 Å². The number of hydrogen-bond acceptors (Lipinski definition) is 6. The fraction of sp³-hybridized carbons (Fsp3) is 0.444. The summed E-state index contributed by atoms with van der Waals surface area (Å²) in [5.74, 6) is 0.975. The summed E-state index contributed by atoms with van der Waals surface area (Å²) in [6.07, 6.45) is 0.235. The molecule has 7 heteroatoms. The molecule has 16 heavy (non-hydrogen) atoms. The molecule has 1 aromatic rings. The van der Waals surface area contributed by atoms with Crippen molar-refractivity contribution in [1.29, 1.82) is 0 Å². The number of anilines is 3. The summed E-state index contributed by atoms with van der Waals surface area (Å²) >= 11 is 0. The molecule has 0 aliphatic rings. The van der Waals surface area contributed by atoms with Gasteiger partial charge in [0.15, 0.2) is 0 Å². The van der Waals surface area contributed by atoms with Crippen LogP contribution in [-0.4, -0.2) is 29.0 Å². The molecule has 0 fully saturated rings. The van der Waals surface area contributed by atoms with Crippen LogP contribution >= 0.6 is 0 Å². The number of nitrogen functional groups attached to an aromatic ring is 1. The predicted molar refractivity (Wildman–Crippen MR) is 62.9 cm³/mol. The highest BCUT2D eigenvalue weighted by Crippen LogP contribution is 2.13. The van der Waals surface area contributed by atoms with E-state index in [0.717, 1.165) is 0 Å². The maximum Gasteiger partial charge on any atom is 0.223 e. The number of hydrogen-bond donors (Lipinski definition) is 4. The second kappa shape index (κ2) is 5.15. The molecule has 1 unspecified atom stereocenters. The maximum absolute atomic E-state index is 10.7. The number of nitrogens with zero attached hydrogens (tertiary/aromatic N) is 2. The van der Waals surface area contributed by atoms with Gasteiger partial charge in [0.1, 0.15) is 11.6 Å². The van der Waals surface area contributed by atoms with Crippen LogP contribution in [0.4, 0.5) is 17.6 Å². The Balaban J connectivity index is 2.72. The van der Waals surface area contributed by atoms with Gasteiger partial charge in [0.05, 0.1) is 0 Å². The highest BCUT2D eigenvalue weighted by atomic mass is 16.1. The van der Waals surface area contributed by atoms with Crippen molar-refractivity contribution in [3.63, 3.8) is 0 Å². The van der Waals surface area contributed by atoms with E-state index in [4.69, 9.17) is 11.5 Å². The van der Waals surface area contributed by atoms with E-state index in [9.17, 15) is 4.79 Å². The number of primary amides is 1. The molecule has 0 spiro atoms. The zero-order valence-electron chi connectivity index (χ0n) is 9.32. The molecule has 1 heterocycles. The van der Waals surface area contributed by atoms with Crippen LogP contribution in [0.15, 0.2) is 6.07 Å². The van der Waals surface area contributed by atoms with E-state index in [-0.39, 0.29) is 24.3 Å². The first-order valence-corrected chi connectivity index (χ1v) is 4.88. The van der Waals surface area contributed by atoms with Crippen LogP contribution < -0.4 is 22.1 Å². The summed E-state index contributed by atoms with van der Waals surface area (Å²) < 4.78 is 0. The number of carbonyl (C=O) groups is 1. The largest absolute Gasteiger partial charge is 0.373 e. The zero-order valence-corrected chi connectivity index (χ0v) is 9.32. The number of amides is 1. The first kappa shape index (κ1) is 12.0. The van der Waals surface area contributed by atoms with Crippen LogP contribution in [0, 0.1) is 0 Å². The van der Waals surface area contributed by atoms with Crippen LogP contribution in [0.2, 0.25) is 0 Å². The van der Waals surface area contributed by atoms with Crippen LogP contribution in [0.25, 0.3) is 0 Å². The molecule has 0 aromatic carbocycles. The van der Waals surface area contributed by atoms with Crippen molar-refractivity contribution in [3.05, 3.63) is 6.07 Å². The first-order chi connectivity index (χ1) is 7.51. The number of aromatic nitrogens is 2. The third-order valence-corrected chi connectivity index (χ3v) is 1.90. The Morgan fingerprint density at radius 2 is 2.12 bits per heavy atom. The lowest BCUT2D eigenvalue weighted by Gasteiger charge is -2.13. The van der Waals surface area contributed by atoms with Crippen molar-refractivity contribution in [2.24, 2.45) is 5.73 Å². The van der Waals surface area contributed by atoms with Crippen molar-refractivity contribution in [2.45, 2.75) is 19.4 Å². The normalized spacial score (nSPS) is 11.9. The summed E-state index contributed by atoms with van der Waals surface area (Å²) in [7, 11) is 1.73. The minimum atomic E-state index is -0.365. The number of rotatable bonds is 5. The predicted octanol–water partition coefficient (Wildman–Crippen LogP) is -0.224. The molecule has 6 N–H and O–H groups in total. The summed E-state index contributed by atoms with van der Waals surface area (Å²) in [5.41, 5.74) is 10.6. The van der Waals surface area contributed by atoms with Crippen molar-refractivity contribution in [3.8, 4) is 0 Å². The molecule has 0 saturated heterocycles. The Morgan fingerprint density at radius 3 is 2.69 bits per heavy atom. The van der Waals surface area contributed by atoms with Crippen LogP contribution in [-0.2, 0) is 4.79 Å². The van der Waals surface area contributed by atoms with Gasteiger partial charge >= 0.3 is 0 Å². The van der Waals surface area contributed by atoms with Gasteiger partial charge in [-0.1, -0.05) is 0 Å². The van der Waals surface area contributed by atoms with E-state index in [1.54, 1.807) is 13.1 Å². The second-order valence-corrected chi connectivity index (χ2v) is 3.46. The average molecular weight is 224 g/mol. The van der Waals surface area contributed by atoms with Gasteiger partial charge in [-0.25, -0.2) is 0 Å². The Bertz CT molecular complexity index is 380. The van der Waals surface area contributed by atoms with Crippen LogP contribution in [0.5, 0.6) is 0 Å². The number of nitrogens with one attached hydrogen (secondary N) is 2. The van der Waals surface area contributed by atoms with Gasteiger partial charge in [-0.15, -0.1) is 0 Å². The van der Waals surface area contributed by atoms with Crippen molar-refractivity contribution in [1.82, 2.24) is 9.97 Å². The van der Waals surface area contributed by atoms with Gasteiger partial charge < -0.3 is 22.1 Å². The lowest BCUT2D eigenvalue weighted by molar-refractivity contribution is -0.118.